The van der Waals surface area contributed by atoms with Crippen LogP contribution in [0.15, 0.2) is 69.9 Å². The lowest BCUT2D eigenvalue weighted by atomic mass is 9.89. The fourth-order valence-electron chi connectivity index (χ4n) is 6.16. The number of nitro groups is 2. The highest BCUT2D eigenvalue weighted by atomic mass is 35.5. The summed E-state index contributed by atoms with van der Waals surface area (Å²) in [6, 6.07) is 9.59. The van der Waals surface area contributed by atoms with Gasteiger partial charge in [0.1, 0.15) is 23.1 Å². The first-order chi connectivity index (χ1) is 27.9. The van der Waals surface area contributed by atoms with Crippen LogP contribution in [0.5, 0.6) is 11.5 Å². The summed E-state index contributed by atoms with van der Waals surface area (Å²) in [6.45, 7) is -1.68. The number of ether oxygens (including phenoxy) is 1. The first-order valence-corrected chi connectivity index (χ1v) is 17.7. The Kier molecular flexibility index (Phi) is 13.1. The van der Waals surface area contributed by atoms with E-state index in [4.69, 9.17) is 42.6 Å². The maximum atomic E-state index is 13.4. The van der Waals surface area contributed by atoms with Crippen LogP contribution in [-0.2, 0) is 14.4 Å². The van der Waals surface area contributed by atoms with E-state index in [1.165, 1.54) is 30.3 Å². The summed E-state index contributed by atoms with van der Waals surface area (Å²) in [5, 5.41) is 63.4. The van der Waals surface area contributed by atoms with Crippen LogP contribution in [0.2, 0.25) is 10.0 Å². The standard InChI is InChI=1S/C37H28Cl2N4O16/c38-23-11-21-29(13-27(23)44)59-30-14-31(58-28-7-5-18(42(54)55)10-26(28)43(56)57)24(39)12-22(30)34(21)20-9-17(4-6-19(20)36(50)51)35(49)40-8-2-1-3-25(37(52)53)41(15-32(45)46)16-33(47)48/h4-7,9-14,25H,1-3,8,15-16H2,(H,40,49)(H,45,46)(H,47,48)(H,50,51)(H,52,53). The third-order valence-electron chi connectivity index (χ3n) is 8.77. The number of carboxylic acids is 4. The molecular formula is C37H28Cl2N4O16. The average molecular weight is 856 g/mol. The first kappa shape index (κ1) is 43.0. The van der Waals surface area contributed by atoms with Crippen molar-refractivity contribution in [2.45, 2.75) is 25.3 Å². The van der Waals surface area contributed by atoms with Gasteiger partial charge in [0, 0.05) is 46.8 Å². The Morgan fingerprint density at radius 1 is 0.814 bits per heavy atom. The topological polar surface area (TPSA) is 307 Å². The third kappa shape index (κ3) is 9.87. The summed E-state index contributed by atoms with van der Waals surface area (Å²) in [6.07, 6.45) is 0.172. The van der Waals surface area contributed by atoms with Crippen molar-refractivity contribution in [2.24, 2.45) is 0 Å². The van der Waals surface area contributed by atoms with Crippen LogP contribution >= 0.6 is 23.2 Å². The molecule has 1 amide bonds. The van der Waals surface area contributed by atoms with Crippen molar-refractivity contribution < 1.29 is 63.4 Å². The smallest absolute Gasteiger partial charge is 0.336 e. The van der Waals surface area contributed by atoms with Crippen LogP contribution in [0.3, 0.4) is 0 Å². The lowest BCUT2D eigenvalue weighted by molar-refractivity contribution is -0.394. The number of nitrogens with one attached hydrogen (secondary N) is 1. The molecule has 3 aromatic rings. The molecule has 0 saturated heterocycles. The minimum absolute atomic E-state index is 0.0255. The second kappa shape index (κ2) is 18.0. The molecule has 3 aromatic carbocycles. The fraction of sp³-hybridized carbons (Fsp3) is 0.189. The molecule has 0 spiro atoms. The van der Waals surface area contributed by atoms with Gasteiger partial charge in [0.2, 0.25) is 11.2 Å². The van der Waals surface area contributed by atoms with Gasteiger partial charge in [-0.2, -0.15) is 0 Å². The number of aliphatic carboxylic acids is 3. The van der Waals surface area contributed by atoms with Gasteiger partial charge in [0.25, 0.3) is 11.6 Å². The molecule has 5 N–H and O–H groups in total. The van der Waals surface area contributed by atoms with Crippen molar-refractivity contribution in [3.63, 3.8) is 0 Å². The Labute approximate surface area is 339 Å². The van der Waals surface area contributed by atoms with Gasteiger partial charge in [-0.25, -0.2) is 4.79 Å². The Balaban J connectivity index is 1.51. The van der Waals surface area contributed by atoms with E-state index < -0.39 is 81.3 Å². The molecule has 1 heterocycles. The van der Waals surface area contributed by atoms with E-state index in [9.17, 15) is 59.2 Å². The number of rotatable bonds is 18. The number of nitrogens with zero attached hydrogens (tertiary/aromatic N) is 3. The van der Waals surface area contributed by atoms with E-state index in [1.807, 2.05) is 0 Å². The summed E-state index contributed by atoms with van der Waals surface area (Å²) < 4.78 is 11.7. The number of aromatic carboxylic acids is 1. The van der Waals surface area contributed by atoms with Crippen LogP contribution in [0, 0.1) is 20.2 Å². The van der Waals surface area contributed by atoms with Gasteiger partial charge in [-0.15, -0.1) is 0 Å². The molecule has 20 nitrogen and oxygen atoms in total. The molecule has 59 heavy (non-hydrogen) atoms. The van der Waals surface area contributed by atoms with Crippen molar-refractivity contribution in [2.75, 3.05) is 19.6 Å². The summed E-state index contributed by atoms with van der Waals surface area (Å²) in [5.41, 5.74) is -2.34. The molecule has 306 valence electrons. The van der Waals surface area contributed by atoms with E-state index in [2.05, 4.69) is 5.32 Å². The van der Waals surface area contributed by atoms with E-state index in [-0.39, 0.29) is 86.1 Å². The molecule has 1 atom stereocenters. The second-order valence-electron chi connectivity index (χ2n) is 12.7. The number of carboxylic acid groups (broad SMARTS) is 4. The number of hydrogen-bond acceptors (Lipinski definition) is 13. The van der Waals surface area contributed by atoms with Gasteiger partial charge in [0.15, 0.2) is 0 Å². The molecule has 1 aliphatic carbocycles. The van der Waals surface area contributed by atoms with Crippen LogP contribution in [0.1, 0.15) is 40.0 Å². The van der Waals surface area contributed by atoms with Crippen LogP contribution < -0.4 is 15.5 Å². The normalized spacial score (nSPS) is 11.6. The molecule has 1 unspecified atom stereocenters. The van der Waals surface area contributed by atoms with Gasteiger partial charge < -0.3 is 34.9 Å². The Morgan fingerprint density at radius 2 is 1.51 bits per heavy atom. The van der Waals surface area contributed by atoms with Crippen molar-refractivity contribution in [1.82, 2.24) is 10.2 Å². The third-order valence-corrected chi connectivity index (χ3v) is 9.36. The van der Waals surface area contributed by atoms with Crippen LogP contribution in [0.25, 0.3) is 33.4 Å². The number of halogens is 2. The van der Waals surface area contributed by atoms with Gasteiger partial charge in [-0.3, -0.25) is 49.1 Å². The number of carbonyl (C=O) groups excluding carboxylic acids is 1. The predicted molar refractivity (Wildman–Crippen MR) is 206 cm³/mol. The summed E-state index contributed by atoms with van der Waals surface area (Å²) in [5.74, 6) is -7.15. The summed E-state index contributed by atoms with van der Waals surface area (Å²) in [4.78, 5) is 94.9. The number of nitro benzene ring substituents is 2. The van der Waals surface area contributed by atoms with Crippen LogP contribution in [0.4, 0.5) is 11.4 Å². The predicted octanol–water partition coefficient (Wildman–Crippen LogP) is 6.00. The van der Waals surface area contributed by atoms with E-state index in [0.29, 0.717) is 6.07 Å². The quantitative estimate of drug-likeness (QED) is 0.0292. The first-order valence-electron chi connectivity index (χ1n) is 16.9. The minimum atomic E-state index is -1.44. The molecule has 0 bridgehead atoms. The molecule has 0 saturated carbocycles. The van der Waals surface area contributed by atoms with Crippen molar-refractivity contribution >= 4 is 75.3 Å². The summed E-state index contributed by atoms with van der Waals surface area (Å²) in [7, 11) is 0. The molecule has 2 aliphatic rings. The summed E-state index contributed by atoms with van der Waals surface area (Å²) >= 11 is 12.8. The monoisotopic (exact) mass is 854 g/mol. The van der Waals surface area contributed by atoms with Crippen molar-refractivity contribution in [1.29, 1.82) is 0 Å². The average Bonchev–Trinajstić information content (AvgIpc) is 3.15. The largest absolute Gasteiger partial charge is 0.480 e. The zero-order valence-electron chi connectivity index (χ0n) is 29.9. The molecule has 1 aliphatic heterocycles. The van der Waals surface area contributed by atoms with Gasteiger partial charge in [-0.05, 0) is 61.2 Å². The van der Waals surface area contributed by atoms with E-state index in [1.54, 1.807) is 0 Å². The number of fused-ring (bicyclic) bond motifs is 2. The molecule has 5 rings (SSSR count). The van der Waals surface area contributed by atoms with Crippen molar-refractivity contribution in [3.8, 4) is 33.9 Å². The number of unbranched alkanes of at least 4 members (excludes halogenated alkanes) is 1. The Bertz CT molecular complexity index is 2580. The van der Waals surface area contributed by atoms with Gasteiger partial charge in [0.05, 0.1) is 44.6 Å². The second-order valence-corrected chi connectivity index (χ2v) is 13.5. The molecule has 22 heteroatoms. The zero-order chi connectivity index (χ0) is 43.3. The maximum absolute atomic E-state index is 13.4. The number of benzene rings is 4. The number of amides is 1. The number of non-ortho nitro benzene ring substituents is 1. The minimum Gasteiger partial charge on any atom is -0.480 e. The van der Waals surface area contributed by atoms with Crippen LogP contribution in [-0.4, -0.2) is 90.6 Å². The highest BCUT2D eigenvalue weighted by Gasteiger charge is 2.30. The SMILES string of the molecule is O=C(O)CN(CC(=O)O)C(CCCCNC(=O)c1ccc(C(=O)O)c(-c2c3cc(Cl)c(=O)cc-3oc3cc(Oc4ccc([N+](=O)[O-])cc4[N+](=O)[O-])c(Cl)cc23)c1)C(=O)O. The Morgan fingerprint density at radius 3 is 2.12 bits per heavy atom. The maximum Gasteiger partial charge on any atom is 0.336 e. The lowest BCUT2D eigenvalue weighted by Crippen LogP contribution is -2.46. The van der Waals surface area contributed by atoms with E-state index >= 15 is 0 Å². The molecule has 0 radical (unpaired) electrons. The highest BCUT2D eigenvalue weighted by molar-refractivity contribution is 6.33. The zero-order valence-corrected chi connectivity index (χ0v) is 31.4. The highest BCUT2D eigenvalue weighted by Crippen LogP contribution is 2.46. The Hall–Kier alpha value is -7.16. The van der Waals surface area contributed by atoms with E-state index in [0.717, 1.165) is 29.2 Å². The number of hydrogen-bond donors (Lipinski definition) is 5. The fourth-order valence-corrected chi connectivity index (χ4v) is 6.53. The number of carbonyl (C=O) groups is 5. The molecule has 0 fully saturated rings. The van der Waals surface area contributed by atoms with Gasteiger partial charge in [-0.1, -0.05) is 23.2 Å². The molecular weight excluding hydrogens is 827 g/mol. The molecule has 0 aromatic heterocycles. The van der Waals surface area contributed by atoms with Gasteiger partial charge >= 0.3 is 29.6 Å². The van der Waals surface area contributed by atoms with Crippen molar-refractivity contribution in [3.05, 3.63) is 112 Å². The lowest BCUT2D eigenvalue weighted by Gasteiger charge is -2.25.